The Morgan fingerprint density at radius 1 is 1.09 bits per heavy atom. The van der Waals surface area contributed by atoms with Gasteiger partial charge in [-0.2, -0.15) is 0 Å². The van der Waals surface area contributed by atoms with E-state index in [0.29, 0.717) is 0 Å². The van der Waals surface area contributed by atoms with E-state index >= 15 is 0 Å². The van der Waals surface area contributed by atoms with Gasteiger partial charge in [-0.05, 0) is 19.1 Å². The van der Waals surface area contributed by atoms with E-state index in [2.05, 4.69) is 20.2 Å². The van der Waals surface area contributed by atoms with Crippen LogP contribution in [0.2, 0.25) is 5.02 Å². The van der Waals surface area contributed by atoms with Crippen molar-refractivity contribution in [2.75, 3.05) is 6.26 Å². The highest BCUT2D eigenvalue weighted by Crippen LogP contribution is 2.28. The molecule has 0 aliphatic rings. The van der Waals surface area contributed by atoms with Gasteiger partial charge >= 0.3 is 0 Å². The summed E-state index contributed by atoms with van der Waals surface area (Å²) < 4.78 is 28.7. The van der Waals surface area contributed by atoms with Crippen molar-refractivity contribution >= 4 is 21.4 Å². The van der Waals surface area contributed by atoms with Gasteiger partial charge in [-0.1, -0.05) is 29.3 Å². The molecule has 7 nitrogen and oxygen atoms in total. The van der Waals surface area contributed by atoms with Crippen LogP contribution >= 0.6 is 11.6 Å². The van der Waals surface area contributed by atoms with Gasteiger partial charge in [0.15, 0.2) is 5.69 Å². The summed E-state index contributed by atoms with van der Waals surface area (Å²) in [4.78, 5) is 7.60. The van der Waals surface area contributed by atoms with Gasteiger partial charge in [0.05, 0.1) is 11.2 Å². The normalized spacial score (nSPS) is 11.6. The van der Waals surface area contributed by atoms with Gasteiger partial charge < -0.3 is 4.42 Å². The Morgan fingerprint density at radius 3 is 2.39 bits per heavy atom. The molecule has 0 radical (unpaired) electrons. The van der Waals surface area contributed by atoms with Crippen LogP contribution in [0.1, 0.15) is 5.56 Å². The summed E-state index contributed by atoms with van der Waals surface area (Å²) >= 11 is 6.01. The summed E-state index contributed by atoms with van der Waals surface area (Å²) in [7, 11) is -3.57. The molecule has 23 heavy (non-hydrogen) atoms. The second-order valence-electron chi connectivity index (χ2n) is 4.90. The Bertz CT molecular complexity index is 968. The lowest BCUT2D eigenvalue weighted by atomic mass is 10.1. The summed E-state index contributed by atoms with van der Waals surface area (Å²) in [5, 5.41) is 7.59. The molecule has 0 aliphatic carbocycles. The van der Waals surface area contributed by atoms with Crippen molar-refractivity contribution < 1.29 is 12.8 Å². The quantitative estimate of drug-likeness (QED) is 0.669. The zero-order chi connectivity index (χ0) is 16.6. The van der Waals surface area contributed by atoms with Crippen LogP contribution in [0.25, 0.3) is 23.0 Å². The van der Waals surface area contributed by atoms with Crippen LogP contribution in [0, 0.1) is 6.92 Å². The first kappa shape index (κ1) is 15.6. The maximum atomic E-state index is 11.6. The van der Waals surface area contributed by atoms with E-state index in [1.165, 1.54) is 6.20 Å². The highest BCUT2D eigenvalue weighted by Gasteiger charge is 2.19. The van der Waals surface area contributed by atoms with E-state index in [1.54, 1.807) is 0 Å². The van der Waals surface area contributed by atoms with E-state index in [1.807, 2.05) is 31.2 Å². The standard InChI is InChI=1S/C14H11ClN4O3S/c1-8-3-5-9(6-4-8)12-18-19-13(22-12)11-10(15)7-16-14(17-11)23(2,20)21/h3-7H,1-2H3. The number of aromatic nitrogens is 4. The fourth-order valence-electron chi connectivity index (χ4n) is 1.81. The average Bonchev–Trinajstić information content (AvgIpc) is 2.97. The van der Waals surface area contributed by atoms with Crippen molar-refractivity contribution in [3.8, 4) is 23.0 Å². The summed E-state index contributed by atoms with van der Waals surface area (Å²) in [6.45, 7) is 1.97. The number of hydrogen-bond acceptors (Lipinski definition) is 7. The van der Waals surface area contributed by atoms with E-state index < -0.39 is 9.84 Å². The Morgan fingerprint density at radius 2 is 1.74 bits per heavy atom. The third kappa shape index (κ3) is 3.22. The number of rotatable bonds is 3. The minimum atomic E-state index is -3.57. The summed E-state index contributed by atoms with van der Waals surface area (Å²) in [5.41, 5.74) is 1.92. The molecular formula is C14H11ClN4O3S. The molecular weight excluding hydrogens is 340 g/mol. The van der Waals surface area contributed by atoms with Crippen LogP contribution in [0.15, 0.2) is 40.0 Å². The lowest BCUT2D eigenvalue weighted by molar-refractivity contribution is 0.578. The van der Waals surface area contributed by atoms with Gasteiger partial charge in [-0.25, -0.2) is 18.4 Å². The molecule has 0 bridgehead atoms. The first-order valence-electron chi connectivity index (χ1n) is 6.48. The molecule has 3 rings (SSSR count). The molecule has 2 heterocycles. The molecule has 0 atom stereocenters. The van der Waals surface area contributed by atoms with Crippen LogP contribution in [0.4, 0.5) is 0 Å². The lowest BCUT2D eigenvalue weighted by Gasteiger charge is -2.01. The summed E-state index contributed by atoms with van der Waals surface area (Å²) in [5.74, 6) is 0.313. The average molecular weight is 351 g/mol. The largest absolute Gasteiger partial charge is 0.415 e. The zero-order valence-electron chi connectivity index (χ0n) is 12.2. The van der Waals surface area contributed by atoms with Gasteiger partial charge in [0.2, 0.25) is 20.9 Å². The molecule has 9 heteroatoms. The molecule has 1 aromatic carbocycles. The molecule has 3 aromatic rings. The molecule has 0 amide bonds. The maximum Gasteiger partial charge on any atom is 0.268 e. The smallest absolute Gasteiger partial charge is 0.268 e. The predicted octanol–water partition coefficient (Wildman–Crippen LogP) is 2.56. The topological polar surface area (TPSA) is 98.8 Å². The van der Waals surface area contributed by atoms with Crippen molar-refractivity contribution in [2.24, 2.45) is 0 Å². The molecule has 0 N–H and O–H groups in total. The van der Waals surface area contributed by atoms with Crippen molar-refractivity contribution in [3.05, 3.63) is 41.0 Å². The molecule has 0 aliphatic heterocycles. The summed E-state index contributed by atoms with van der Waals surface area (Å²) in [6, 6.07) is 7.52. The molecule has 2 aromatic heterocycles. The SMILES string of the molecule is Cc1ccc(-c2nnc(-c3nc(S(C)(=O)=O)ncc3Cl)o2)cc1. The van der Waals surface area contributed by atoms with Crippen LogP contribution in [0.5, 0.6) is 0 Å². The van der Waals surface area contributed by atoms with E-state index in [0.717, 1.165) is 17.4 Å². The fraction of sp³-hybridized carbons (Fsp3) is 0.143. The van der Waals surface area contributed by atoms with Gasteiger partial charge in [0, 0.05) is 11.8 Å². The molecule has 0 spiro atoms. The van der Waals surface area contributed by atoms with Crippen LogP contribution < -0.4 is 0 Å². The predicted molar refractivity (Wildman–Crippen MR) is 83.6 cm³/mol. The first-order chi connectivity index (χ1) is 10.8. The number of hydrogen-bond donors (Lipinski definition) is 0. The van der Waals surface area contributed by atoms with Gasteiger partial charge in [0.25, 0.3) is 5.89 Å². The van der Waals surface area contributed by atoms with Crippen molar-refractivity contribution in [1.29, 1.82) is 0 Å². The zero-order valence-corrected chi connectivity index (χ0v) is 13.8. The van der Waals surface area contributed by atoms with Crippen molar-refractivity contribution in [2.45, 2.75) is 12.1 Å². The second kappa shape index (κ2) is 5.71. The minimum Gasteiger partial charge on any atom is -0.415 e. The van der Waals surface area contributed by atoms with E-state index in [9.17, 15) is 8.42 Å². The molecule has 0 saturated heterocycles. The van der Waals surface area contributed by atoms with Crippen molar-refractivity contribution in [3.63, 3.8) is 0 Å². The number of sulfone groups is 1. The van der Waals surface area contributed by atoms with E-state index in [-0.39, 0.29) is 27.7 Å². The van der Waals surface area contributed by atoms with Crippen LogP contribution in [0.3, 0.4) is 0 Å². The van der Waals surface area contributed by atoms with Crippen molar-refractivity contribution in [1.82, 2.24) is 20.2 Å². The molecule has 0 unspecified atom stereocenters. The van der Waals surface area contributed by atoms with E-state index in [4.69, 9.17) is 16.0 Å². The number of benzene rings is 1. The van der Waals surface area contributed by atoms with Crippen LogP contribution in [-0.2, 0) is 9.84 Å². The fourth-order valence-corrected chi connectivity index (χ4v) is 2.48. The Hall–Kier alpha value is -2.32. The lowest BCUT2D eigenvalue weighted by Crippen LogP contribution is -2.05. The van der Waals surface area contributed by atoms with Crippen LogP contribution in [-0.4, -0.2) is 34.8 Å². The minimum absolute atomic E-state index is 0.0258. The monoisotopic (exact) mass is 350 g/mol. The highest BCUT2D eigenvalue weighted by atomic mass is 35.5. The summed E-state index contributed by atoms with van der Waals surface area (Å²) in [6.07, 6.45) is 2.20. The Labute approximate surface area is 137 Å². The van der Waals surface area contributed by atoms with Gasteiger partial charge in [-0.15, -0.1) is 10.2 Å². The Kier molecular flexibility index (Phi) is 3.87. The highest BCUT2D eigenvalue weighted by molar-refractivity contribution is 7.90. The Balaban J connectivity index is 2.05. The molecule has 0 fully saturated rings. The number of aryl methyl sites for hydroxylation is 1. The van der Waals surface area contributed by atoms with Gasteiger partial charge in [0.1, 0.15) is 0 Å². The third-order valence-electron chi connectivity index (χ3n) is 2.98. The van der Waals surface area contributed by atoms with Gasteiger partial charge in [-0.3, -0.25) is 0 Å². The second-order valence-corrected chi connectivity index (χ2v) is 7.22. The first-order valence-corrected chi connectivity index (χ1v) is 8.75. The number of nitrogens with zero attached hydrogens (tertiary/aromatic N) is 4. The molecule has 118 valence electrons. The maximum absolute atomic E-state index is 11.6. The third-order valence-corrected chi connectivity index (χ3v) is 4.12. The number of halogens is 1. The molecule has 0 saturated carbocycles.